The second-order valence-corrected chi connectivity index (χ2v) is 3.99. The Morgan fingerprint density at radius 2 is 2.00 bits per heavy atom. The zero-order valence-corrected chi connectivity index (χ0v) is 10.9. The van der Waals surface area contributed by atoms with Crippen LogP contribution in [0.3, 0.4) is 0 Å². The lowest BCUT2D eigenvalue weighted by Gasteiger charge is -2.06. The molecule has 0 unspecified atom stereocenters. The SMILES string of the molecule is NCC#Cc1ccnc(NC(=O)c2c(F)cccc2F)c1. The average Bonchev–Trinajstić information content (AvgIpc) is 2.45. The van der Waals surface area contributed by atoms with Crippen molar-refractivity contribution in [1.82, 2.24) is 4.98 Å². The number of nitrogens with zero attached hydrogens (tertiary/aromatic N) is 1. The summed E-state index contributed by atoms with van der Waals surface area (Å²) in [7, 11) is 0. The van der Waals surface area contributed by atoms with Gasteiger partial charge in [0.05, 0.1) is 6.54 Å². The molecule has 2 rings (SSSR count). The lowest BCUT2D eigenvalue weighted by atomic mass is 10.2. The number of carbonyl (C=O) groups excluding carboxylic acids is 1. The largest absolute Gasteiger partial charge is 0.320 e. The van der Waals surface area contributed by atoms with Crippen molar-refractivity contribution in [2.75, 3.05) is 11.9 Å². The van der Waals surface area contributed by atoms with Crippen LogP contribution in [0, 0.1) is 23.5 Å². The molecular formula is C15H11F2N3O. The number of anilines is 1. The van der Waals surface area contributed by atoms with E-state index in [2.05, 4.69) is 22.1 Å². The highest BCUT2D eigenvalue weighted by molar-refractivity contribution is 6.04. The maximum Gasteiger partial charge on any atom is 0.262 e. The van der Waals surface area contributed by atoms with Crippen LogP contribution in [0.2, 0.25) is 0 Å². The van der Waals surface area contributed by atoms with Crippen molar-refractivity contribution in [2.45, 2.75) is 0 Å². The molecule has 0 saturated heterocycles. The van der Waals surface area contributed by atoms with Gasteiger partial charge < -0.3 is 11.1 Å². The second kappa shape index (κ2) is 6.59. The molecule has 0 bridgehead atoms. The molecule has 0 saturated carbocycles. The highest BCUT2D eigenvalue weighted by atomic mass is 19.1. The Balaban J connectivity index is 2.24. The summed E-state index contributed by atoms with van der Waals surface area (Å²) >= 11 is 0. The van der Waals surface area contributed by atoms with Gasteiger partial charge in [-0.25, -0.2) is 13.8 Å². The first-order valence-electron chi connectivity index (χ1n) is 6.02. The third-order valence-electron chi connectivity index (χ3n) is 2.53. The molecule has 3 N–H and O–H groups in total. The Bertz CT molecular complexity index is 715. The first-order valence-corrected chi connectivity index (χ1v) is 6.02. The molecule has 1 aromatic carbocycles. The molecule has 0 radical (unpaired) electrons. The van der Waals surface area contributed by atoms with E-state index in [1.54, 1.807) is 6.07 Å². The van der Waals surface area contributed by atoms with Gasteiger partial charge in [0.25, 0.3) is 5.91 Å². The summed E-state index contributed by atoms with van der Waals surface area (Å²) in [4.78, 5) is 15.8. The van der Waals surface area contributed by atoms with E-state index >= 15 is 0 Å². The molecular weight excluding hydrogens is 276 g/mol. The van der Waals surface area contributed by atoms with Crippen molar-refractivity contribution < 1.29 is 13.6 Å². The number of nitrogens with one attached hydrogen (secondary N) is 1. The quantitative estimate of drug-likeness (QED) is 0.829. The van der Waals surface area contributed by atoms with Crippen LogP contribution in [0.25, 0.3) is 0 Å². The number of hydrogen-bond acceptors (Lipinski definition) is 3. The van der Waals surface area contributed by atoms with Crippen LogP contribution in [-0.2, 0) is 0 Å². The third kappa shape index (κ3) is 3.61. The Labute approximate surface area is 120 Å². The molecule has 0 fully saturated rings. The van der Waals surface area contributed by atoms with E-state index in [0.717, 1.165) is 12.1 Å². The van der Waals surface area contributed by atoms with Gasteiger partial charge in [0.15, 0.2) is 0 Å². The number of carbonyl (C=O) groups is 1. The second-order valence-electron chi connectivity index (χ2n) is 3.99. The van der Waals surface area contributed by atoms with Crippen molar-refractivity contribution >= 4 is 11.7 Å². The Hall–Kier alpha value is -2.78. The fourth-order valence-electron chi connectivity index (χ4n) is 1.62. The van der Waals surface area contributed by atoms with Crippen LogP contribution in [0.4, 0.5) is 14.6 Å². The monoisotopic (exact) mass is 287 g/mol. The van der Waals surface area contributed by atoms with Gasteiger partial charge >= 0.3 is 0 Å². The predicted octanol–water partition coefficient (Wildman–Crippen LogP) is 1.92. The fraction of sp³-hybridized carbons (Fsp3) is 0.0667. The Morgan fingerprint density at radius 3 is 2.67 bits per heavy atom. The molecule has 1 heterocycles. The first-order chi connectivity index (χ1) is 10.1. The molecule has 2 aromatic rings. The van der Waals surface area contributed by atoms with Gasteiger partial charge in [-0.2, -0.15) is 0 Å². The lowest BCUT2D eigenvalue weighted by Crippen LogP contribution is -2.16. The molecule has 0 atom stereocenters. The topological polar surface area (TPSA) is 68.0 Å². The maximum atomic E-state index is 13.5. The molecule has 4 nitrogen and oxygen atoms in total. The number of hydrogen-bond donors (Lipinski definition) is 2. The third-order valence-corrected chi connectivity index (χ3v) is 2.53. The summed E-state index contributed by atoms with van der Waals surface area (Å²) in [6.07, 6.45) is 1.42. The maximum absolute atomic E-state index is 13.5. The number of amides is 1. The molecule has 1 amide bonds. The summed E-state index contributed by atoms with van der Waals surface area (Å²) in [5, 5.41) is 2.33. The van der Waals surface area contributed by atoms with E-state index in [0.29, 0.717) is 5.56 Å². The zero-order valence-electron chi connectivity index (χ0n) is 10.9. The summed E-state index contributed by atoms with van der Waals surface area (Å²) in [6.45, 7) is 0.199. The van der Waals surface area contributed by atoms with Gasteiger partial charge in [0.1, 0.15) is 23.0 Å². The number of rotatable bonds is 2. The van der Waals surface area contributed by atoms with Crippen LogP contribution < -0.4 is 11.1 Å². The summed E-state index contributed by atoms with van der Waals surface area (Å²) in [5.41, 5.74) is 5.19. The first kappa shape index (κ1) is 14.6. The predicted molar refractivity (Wildman–Crippen MR) is 74.5 cm³/mol. The number of benzene rings is 1. The van der Waals surface area contributed by atoms with Crippen molar-refractivity contribution in [1.29, 1.82) is 0 Å². The standard InChI is InChI=1S/C15H11F2N3O/c16-11-4-1-5-12(17)14(11)15(21)20-13-9-10(3-2-7-18)6-8-19-13/h1,4-6,8-9H,7,18H2,(H,19,20,21). The van der Waals surface area contributed by atoms with Crippen LogP contribution in [-0.4, -0.2) is 17.4 Å². The van der Waals surface area contributed by atoms with E-state index in [4.69, 9.17) is 5.73 Å². The number of nitrogens with two attached hydrogens (primary N) is 1. The van der Waals surface area contributed by atoms with Crippen LogP contribution in [0.5, 0.6) is 0 Å². The van der Waals surface area contributed by atoms with Gasteiger partial charge in [0, 0.05) is 11.8 Å². The van der Waals surface area contributed by atoms with Gasteiger partial charge in [-0.15, -0.1) is 0 Å². The molecule has 0 aliphatic rings. The lowest BCUT2D eigenvalue weighted by molar-refractivity contribution is 0.101. The average molecular weight is 287 g/mol. The number of halogens is 2. The Kier molecular flexibility index (Phi) is 4.59. The fourth-order valence-corrected chi connectivity index (χ4v) is 1.62. The summed E-state index contributed by atoms with van der Waals surface area (Å²) < 4.78 is 27.0. The van der Waals surface area contributed by atoms with Gasteiger partial charge in [0.2, 0.25) is 0 Å². The van der Waals surface area contributed by atoms with Crippen LogP contribution in [0.1, 0.15) is 15.9 Å². The van der Waals surface area contributed by atoms with Gasteiger partial charge in [-0.3, -0.25) is 4.79 Å². The molecule has 0 aliphatic carbocycles. The van der Waals surface area contributed by atoms with Gasteiger partial charge in [-0.1, -0.05) is 17.9 Å². The summed E-state index contributed by atoms with van der Waals surface area (Å²) in [5.74, 6) is 2.77. The van der Waals surface area contributed by atoms with Crippen molar-refractivity contribution in [2.24, 2.45) is 5.73 Å². The van der Waals surface area contributed by atoms with Gasteiger partial charge in [-0.05, 0) is 24.3 Å². The van der Waals surface area contributed by atoms with Crippen molar-refractivity contribution in [3.8, 4) is 11.8 Å². The molecule has 0 aliphatic heterocycles. The van der Waals surface area contributed by atoms with E-state index in [1.165, 1.54) is 18.3 Å². The number of pyridine rings is 1. The molecule has 1 aromatic heterocycles. The van der Waals surface area contributed by atoms with Crippen molar-refractivity contribution in [3.63, 3.8) is 0 Å². The molecule has 6 heteroatoms. The zero-order chi connectivity index (χ0) is 15.2. The van der Waals surface area contributed by atoms with Crippen molar-refractivity contribution in [3.05, 3.63) is 59.3 Å². The minimum atomic E-state index is -0.938. The molecule has 21 heavy (non-hydrogen) atoms. The normalized spacial score (nSPS) is 9.67. The van der Waals surface area contributed by atoms with Crippen LogP contribution in [0.15, 0.2) is 36.5 Å². The van der Waals surface area contributed by atoms with Crippen LogP contribution >= 0.6 is 0 Å². The van der Waals surface area contributed by atoms with E-state index in [9.17, 15) is 13.6 Å². The van der Waals surface area contributed by atoms with E-state index in [1.807, 2.05) is 0 Å². The molecule has 106 valence electrons. The summed E-state index contributed by atoms with van der Waals surface area (Å²) in [6, 6.07) is 6.31. The minimum absolute atomic E-state index is 0.145. The smallest absolute Gasteiger partial charge is 0.262 e. The highest BCUT2D eigenvalue weighted by Crippen LogP contribution is 2.14. The van der Waals surface area contributed by atoms with E-state index < -0.39 is 23.1 Å². The van der Waals surface area contributed by atoms with E-state index in [-0.39, 0.29) is 12.4 Å². The molecule has 0 spiro atoms. The highest BCUT2D eigenvalue weighted by Gasteiger charge is 2.17. The minimum Gasteiger partial charge on any atom is -0.320 e. The number of aromatic nitrogens is 1. The Morgan fingerprint density at radius 1 is 1.29 bits per heavy atom.